The minimum absolute atomic E-state index is 0.0464. The fraction of sp³-hybridized carbons (Fsp3) is 0.667. The van der Waals surface area contributed by atoms with E-state index >= 15 is 0 Å². The third-order valence-electron chi connectivity index (χ3n) is 3.35. The molecule has 1 rings (SSSR count). The minimum atomic E-state index is -2.79. The molecule has 138 valence electrons. The number of aromatic nitrogens is 1. The van der Waals surface area contributed by atoms with Crippen LogP contribution in [0.15, 0.2) is 9.78 Å². The molecule has 0 amide bonds. The average molecular weight is 488 g/mol. The lowest BCUT2D eigenvalue weighted by Gasteiger charge is -2.29. The Hall–Kier alpha value is -0.390. The predicted octanol–water partition coefficient (Wildman–Crippen LogP) is 3.53. The molecule has 6 nitrogen and oxygen atoms in total. The highest BCUT2D eigenvalue weighted by molar-refractivity contribution is 14.2. The molecule has 0 spiro atoms. The smallest absolute Gasteiger partial charge is 0.357 e. The van der Waals surface area contributed by atoms with E-state index in [0.29, 0.717) is 10.7 Å². The molecule has 0 unspecified atom stereocenters. The van der Waals surface area contributed by atoms with Gasteiger partial charge in [-0.1, -0.05) is 13.8 Å². The second kappa shape index (κ2) is 8.33. The van der Waals surface area contributed by atoms with Crippen molar-refractivity contribution in [3.8, 4) is 0 Å². The van der Waals surface area contributed by atoms with Crippen LogP contribution >= 0.6 is 32.5 Å². The quantitative estimate of drug-likeness (QED) is 0.210. The van der Waals surface area contributed by atoms with Crippen LogP contribution in [0.2, 0.25) is 0 Å². The number of thiol groups is 1. The van der Waals surface area contributed by atoms with E-state index in [2.05, 4.69) is 14.1 Å². The highest BCUT2D eigenvalue weighted by Crippen LogP contribution is 2.34. The van der Waals surface area contributed by atoms with E-state index in [1.165, 1.54) is 18.4 Å². The summed E-state index contributed by atoms with van der Waals surface area (Å²) in [6.45, 7) is 9.57. The second-order valence-corrected chi connectivity index (χ2v) is 14.1. The predicted molar refractivity (Wildman–Crippen MR) is 109 cm³/mol. The lowest BCUT2D eigenvalue weighted by Crippen LogP contribution is -2.29. The van der Waals surface area contributed by atoms with E-state index in [0.717, 1.165) is 0 Å². The van der Waals surface area contributed by atoms with Gasteiger partial charge < -0.3 is 9.84 Å². The van der Waals surface area contributed by atoms with E-state index in [4.69, 9.17) is 0 Å². The summed E-state index contributed by atoms with van der Waals surface area (Å²) in [6, 6.07) is 0. The molecule has 0 bridgehead atoms. The number of hydrogen-bond acceptors (Lipinski definition) is 6. The molecule has 0 saturated carbocycles. The summed E-state index contributed by atoms with van der Waals surface area (Å²) in [6.07, 6.45) is -0.666. The molecule has 0 aliphatic rings. The summed E-state index contributed by atoms with van der Waals surface area (Å²) in [4.78, 5) is 15.6. The van der Waals surface area contributed by atoms with Crippen LogP contribution in [0.25, 0.3) is 0 Å². The van der Waals surface area contributed by atoms with Gasteiger partial charge in [-0.3, -0.25) is 4.21 Å². The molecule has 0 radical (unpaired) electrons. The number of thiazole rings is 1. The molecule has 0 aliphatic heterocycles. The molecule has 0 aliphatic carbocycles. The Kier molecular flexibility index (Phi) is 7.51. The van der Waals surface area contributed by atoms with Crippen LogP contribution in [0.1, 0.15) is 62.6 Å². The lowest BCUT2D eigenvalue weighted by atomic mass is 10.0. The maximum Gasteiger partial charge on any atom is 0.357 e. The number of hydrogen-bond donors (Lipinski definition) is 2. The molecule has 1 aromatic heterocycles. The molecule has 0 aromatic carbocycles. The zero-order chi connectivity index (χ0) is 18.7. The summed E-state index contributed by atoms with van der Waals surface area (Å²) < 4.78 is 21.5. The summed E-state index contributed by atoms with van der Waals surface area (Å²) in [5.74, 6) is -0.489. The van der Waals surface area contributed by atoms with Gasteiger partial charge in [-0.2, -0.15) is 0 Å². The molecule has 1 heterocycles. The molecule has 24 heavy (non-hydrogen) atoms. The van der Waals surface area contributed by atoms with Crippen LogP contribution in [0.3, 0.4) is 0 Å². The standard InChI is InChI=1S/C15H25IN2O4S2/c1-9(2)10(18-24(16,21)15(3,4)5)7-12(19)13-17-11(8-23-13)14(20)22-6/h8-9,12,19,24H,7H2,1-6H3/b18-10-/t12-/m1/s1. The third kappa shape index (κ3) is 5.57. The van der Waals surface area contributed by atoms with Crippen LogP contribution in [0, 0.1) is 5.92 Å². The molecule has 1 atom stereocenters. The average Bonchev–Trinajstić information content (AvgIpc) is 2.93. The number of methoxy groups -OCH3 is 1. The number of aliphatic hydroxyl groups excluding tert-OH is 1. The fourth-order valence-electron chi connectivity index (χ4n) is 1.63. The first-order valence-corrected chi connectivity index (χ1v) is 12.8. The van der Waals surface area contributed by atoms with Crippen LogP contribution < -0.4 is 0 Å². The van der Waals surface area contributed by atoms with Gasteiger partial charge in [0, 0.05) is 50.8 Å². The van der Waals surface area contributed by atoms with Crippen LogP contribution in [-0.2, 0) is 12.0 Å². The molecule has 0 fully saturated rings. The number of ether oxygens (including phenoxy) is 1. The first kappa shape index (κ1) is 21.7. The van der Waals surface area contributed by atoms with Crippen molar-refractivity contribution in [3.63, 3.8) is 0 Å². The minimum Gasteiger partial charge on any atom is -0.464 e. The van der Waals surface area contributed by atoms with Crippen LogP contribution in [0.4, 0.5) is 0 Å². The Morgan fingerprint density at radius 1 is 1.50 bits per heavy atom. The first-order chi connectivity index (χ1) is 10.9. The Bertz CT molecular complexity index is 665. The normalized spacial score (nSPS) is 15.5. The molecule has 0 saturated heterocycles. The Balaban J connectivity index is 3.03. The van der Waals surface area contributed by atoms with E-state index in [1.54, 1.807) is 5.38 Å². The van der Waals surface area contributed by atoms with Crippen molar-refractivity contribution in [1.29, 1.82) is 0 Å². The van der Waals surface area contributed by atoms with Gasteiger partial charge in [0.25, 0.3) is 0 Å². The third-order valence-corrected chi connectivity index (χ3v) is 11.5. The van der Waals surface area contributed by atoms with Gasteiger partial charge in [0.1, 0.15) is 11.1 Å². The summed E-state index contributed by atoms with van der Waals surface area (Å²) in [5, 5.41) is 12.4. The number of esters is 1. The number of carbonyl (C=O) groups excluding carboxylic acids is 1. The van der Waals surface area contributed by atoms with Crippen molar-refractivity contribution in [2.24, 2.45) is 10.3 Å². The molecular weight excluding hydrogens is 463 g/mol. The number of carbonyl (C=O) groups is 1. The van der Waals surface area contributed by atoms with Crippen molar-refractivity contribution < 1.29 is 18.8 Å². The van der Waals surface area contributed by atoms with E-state index in [-0.39, 0.29) is 18.0 Å². The SMILES string of the molecule is COC(=O)c1csc([C@H](O)C/C(=N/[SH](=O)(I)C(C)(C)C)C(C)C)n1. The largest absolute Gasteiger partial charge is 0.464 e. The van der Waals surface area contributed by atoms with Gasteiger partial charge in [-0.05, 0) is 26.7 Å². The Labute approximate surface area is 160 Å². The van der Waals surface area contributed by atoms with E-state index in [1.807, 2.05) is 55.8 Å². The van der Waals surface area contributed by atoms with Crippen molar-refractivity contribution in [2.75, 3.05) is 7.11 Å². The molecule has 1 aromatic rings. The molecule has 1 N–H and O–H groups in total. The van der Waals surface area contributed by atoms with Crippen molar-refractivity contribution in [1.82, 2.24) is 4.98 Å². The van der Waals surface area contributed by atoms with Crippen LogP contribution in [-0.4, -0.2) is 37.8 Å². The monoisotopic (exact) mass is 488 g/mol. The van der Waals surface area contributed by atoms with Gasteiger partial charge in [-0.25, -0.2) is 14.2 Å². The van der Waals surface area contributed by atoms with Crippen molar-refractivity contribution >= 4 is 51.5 Å². The summed E-state index contributed by atoms with van der Waals surface area (Å²) >= 11 is 3.11. The molecular formula is C15H25IN2O4S2. The Morgan fingerprint density at radius 2 is 2.08 bits per heavy atom. The summed E-state index contributed by atoms with van der Waals surface area (Å²) in [7, 11) is -1.51. The lowest BCUT2D eigenvalue weighted by molar-refractivity contribution is 0.0594. The number of nitrogens with zero attached hydrogens (tertiary/aromatic N) is 2. The summed E-state index contributed by atoms with van der Waals surface area (Å²) in [5.41, 5.74) is 0.860. The van der Waals surface area contributed by atoms with Crippen molar-refractivity contribution in [2.45, 2.75) is 51.9 Å². The first-order valence-electron chi connectivity index (χ1n) is 7.49. The maximum atomic E-state index is 12.8. The van der Waals surface area contributed by atoms with E-state index < -0.39 is 24.1 Å². The fourth-order valence-corrected chi connectivity index (χ4v) is 4.18. The highest BCUT2D eigenvalue weighted by atomic mass is 127. The maximum absolute atomic E-state index is 12.8. The second-order valence-electron chi connectivity index (χ2n) is 6.70. The van der Waals surface area contributed by atoms with Gasteiger partial charge in [-0.15, -0.1) is 11.3 Å². The number of halogens is 1. The highest BCUT2D eigenvalue weighted by Gasteiger charge is 2.29. The Morgan fingerprint density at radius 3 is 2.54 bits per heavy atom. The van der Waals surface area contributed by atoms with Gasteiger partial charge >= 0.3 is 5.97 Å². The molecule has 9 heteroatoms. The zero-order valence-electron chi connectivity index (χ0n) is 14.7. The topological polar surface area (TPSA) is 88.9 Å². The van der Waals surface area contributed by atoms with Crippen molar-refractivity contribution in [3.05, 3.63) is 16.1 Å². The van der Waals surface area contributed by atoms with Gasteiger partial charge in [0.05, 0.1) is 7.11 Å². The van der Waals surface area contributed by atoms with E-state index in [9.17, 15) is 14.1 Å². The van der Waals surface area contributed by atoms with Gasteiger partial charge in [0.2, 0.25) is 0 Å². The number of rotatable bonds is 6. The van der Waals surface area contributed by atoms with Crippen LogP contribution in [0.5, 0.6) is 0 Å². The zero-order valence-corrected chi connectivity index (χ0v) is 18.6. The number of aliphatic hydroxyl groups is 1. The van der Waals surface area contributed by atoms with Gasteiger partial charge in [0.15, 0.2) is 5.69 Å².